The SMILES string of the molecule is CCC(C)C(NC(=O)c1ccc(Cl)cc1)C(=O)N1CCC(C(C)N)CC1. The molecule has 3 N–H and O–H groups in total. The Morgan fingerprint density at radius 1 is 1.23 bits per heavy atom. The molecule has 6 heteroatoms. The summed E-state index contributed by atoms with van der Waals surface area (Å²) < 4.78 is 0. The zero-order chi connectivity index (χ0) is 19.3. The van der Waals surface area contributed by atoms with Crippen molar-refractivity contribution in [1.82, 2.24) is 10.2 Å². The number of halogens is 1. The van der Waals surface area contributed by atoms with E-state index in [0.29, 0.717) is 29.6 Å². The van der Waals surface area contributed by atoms with Crippen LogP contribution in [0.15, 0.2) is 24.3 Å². The highest BCUT2D eigenvalue weighted by atomic mass is 35.5. The minimum Gasteiger partial charge on any atom is -0.341 e. The lowest BCUT2D eigenvalue weighted by Crippen LogP contribution is -2.54. The quantitative estimate of drug-likeness (QED) is 0.797. The summed E-state index contributed by atoms with van der Waals surface area (Å²) in [4.78, 5) is 27.5. The van der Waals surface area contributed by atoms with Crippen LogP contribution in [0.1, 0.15) is 50.4 Å². The molecule has 1 aliphatic rings. The van der Waals surface area contributed by atoms with Crippen LogP contribution in [-0.2, 0) is 4.79 Å². The standard InChI is InChI=1S/C20H30ClN3O2/c1-4-13(2)18(23-19(25)16-5-7-17(21)8-6-16)20(26)24-11-9-15(10-12-24)14(3)22/h5-8,13-15,18H,4,9-12,22H2,1-3H3,(H,23,25). The molecule has 3 unspecified atom stereocenters. The summed E-state index contributed by atoms with van der Waals surface area (Å²) in [6, 6.07) is 6.33. The van der Waals surface area contributed by atoms with E-state index in [1.54, 1.807) is 24.3 Å². The van der Waals surface area contributed by atoms with Crippen LogP contribution in [0.3, 0.4) is 0 Å². The molecule has 0 saturated carbocycles. The van der Waals surface area contributed by atoms with E-state index >= 15 is 0 Å². The van der Waals surface area contributed by atoms with Crippen LogP contribution >= 0.6 is 11.6 Å². The molecule has 26 heavy (non-hydrogen) atoms. The molecule has 1 saturated heterocycles. The maximum atomic E-state index is 13.1. The van der Waals surface area contributed by atoms with Crippen molar-refractivity contribution in [2.75, 3.05) is 13.1 Å². The van der Waals surface area contributed by atoms with Crippen molar-refractivity contribution in [3.8, 4) is 0 Å². The van der Waals surface area contributed by atoms with Gasteiger partial charge in [-0.15, -0.1) is 0 Å². The summed E-state index contributed by atoms with van der Waals surface area (Å²) in [5, 5.41) is 3.51. The molecule has 2 amide bonds. The number of nitrogens with one attached hydrogen (secondary N) is 1. The average molecular weight is 380 g/mol. The van der Waals surface area contributed by atoms with Crippen LogP contribution in [0.25, 0.3) is 0 Å². The molecule has 2 rings (SSSR count). The van der Waals surface area contributed by atoms with Gasteiger partial charge in [0.15, 0.2) is 0 Å². The Hall–Kier alpha value is -1.59. The van der Waals surface area contributed by atoms with Gasteiger partial charge in [0.25, 0.3) is 5.91 Å². The zero-order valence-corrected chi connectivity index (χ0v) is 16.6. The first-order valence-corrected chi connectivity index (χ1v) is 9.82. The number of carbonyl (C=O) groups is 2. The van der Waals surface area contributed by atoms with Gasteiger partial charge in [0, 0.05) is 29.7 Å². The van der Waals surface area contributed by atoms with E-state index in [1.807, 2.05) is 25.7 Å². The van der Waals surface area contributed by atoms with Gasteiger partial charge >= 0.3 is 0 Å². The molecule has 1 aromatic rings. The van der Waals surface area contributed by atoms with Gasteiger partial charge < -0.3 is 16.0 Å². The van der Waals surface area contributed by atoms with Crippen molar-refractivity contribution in [3.05, 3.63) is 34.9 Å². The van der Waals surface area contributed by atoms with Crippen LogP contribution in [-0.4, -0.2) is 41.9 Å². The number of nitrogens with zero attached hydrogens (tertiary/aromatic N) is 1. The predicted octanol–water partition coefficient (Wildman–Crippen LogP) is 3.07. The summed E-state index contributed by atoms with van der Waals surface area (Å²) in [5.74, 6) is 0.283. The second kappa shape index (κ2) is 9.38. The molecule has 5 nitrogen and oxygen atoms in total. The Morgan fingerprint density at radius 3 is 2.31 bits per heavy atom. The molecule has 0 spiro atoms. The third kappa shape index (κ3) is 5.21. The largest absolute Gasteiger partial charge is 0.341 e. The fraction of sp³-hybridized carbons (Fsp3) is 0.600. The topological polar surface area (TPSA) is 75.4 Å². The first-order chi connectivity index (χ1) is 12.3. The van der Waals surface area contributed by atoms with Gasteiger partial charge in [0.05, 0.1) is 0 Å². The van der Waals surface area contributed by atoms with E-state index in [9.17, 15) is 9.59 Å². The molecule has 1 aliphatic heterocycles. The minimum absolute atomic E-state index is 0.00443. The highest BCUT2D eigenvalue weighted by Gasteiger charge is 2.32. The molecule has 0 radical (unpaired) electrons. The molecule has 0 aliphatic carbocycles. The van der Waals surface area contributed by atoms with Gasteiger partial charge in [-0.05, 0) is 55.9 Å². The number of rotatable bonds is 6. The lowest BCUT2D eigenvalue weighted by atomic mass is 9.89. The van der Waals surface area contributed by atoms with E-state index in [0.717, 1.165) is 19.3 Å². The highest BCUT2D eigenvalue weighted by molar-refractivity contribution is 6.30. The number of piperidine rings is 1. The summed E-state index contributed by atoms with van der Waals surface area (Å²) >= 11 is 5.88. The monoisotopic (exact) mass is 379 g/mol. The number of carbonyl (C=O) groups excluding carboxylic acids is 2. The smallest absolute Gasteiger partial charge is 0.251 e. The van der Waals surface area contributed by atoms with Crippen molar-refractivity contribution in [2.45, 2.75) is 52.1 Å². The third-order valence-electron chi connectivity index (χ3n) is 5.47. The van der Waals surface area contributed by atoms with Crippen LogP contribution in [0.2, 0.25) is 5.02 Å². The first kappa shape index (κ1) is 20.7. The van der Waals surface area contributed by atoms with E-state index < -0.39 is 6.04 Å². The number of amides is 2. The van der Waals surface area contributed by atoms with E-state index in [1.165, 1.54) is 0 Å². The molecule has 1 heterocycles. The van der Waals surface area contributed by atoms with Gasteiger partial charge in [-0.3, -0.25) is 9.59 Å². The Balaban J connectivity index is 2.05. The molecule has 1 fully saturated rings. The van der Waals surface area contributed by atoms with Gasteiger partial charge in [-0.2, -0.15) is 0 Å². The second-order valence-corrected chi connectivity index (χ2v) is 7.80. The van der Waals surface area contributed by atoms with Crippen molar-refractivity contribution in [3.63, 3.8) is 0 Å². The van der Waals surface area contributed by atoms with E-state index in [-0.39, 0.29) is 23.8 Å². The molecule has 0 bridgehead atoms. The molecule has 0 aromatic heterocycles. The van der Waals surface area contributed by atoms with Crippen LogP contribution in [0.5, 0.6) is 0 Å². The van der Waals surface area contributed by atoms with Crippen molar-refractivity contribution in [1.29, 1.82) is 0 Å². The first-order valence-electron chi connectivity index (χ1n) is 9.44. The van der Waals surface area contributed by atoms with E-state index in [4.69, 9.17) is 17.3 Å². The molecule has 3 atom stereocenters. The van der Waals surface area contributed by atoms with Crippen LogP contribution < -0.4 is 11.1 Å². The number of hydrogen-bond acceptors (Lipinski definition) is 3. The highest BCUT2D eigenvalue weighted by Crippen LogP contribution is 2.22. The molecular weight excluding hydrogens is 350 g/mol. The number of likely N-dealkylation sites (tertiary alicyclic amines) is 1. The van der Waals surface area contributed by atoms with Gasteiger partial charge in [0.2, 0.25) is 5.91 Å². The summed E-state index contributed by atoms with van der Waals surface area (Å²) in [5.41, 5.74) is 6.50. The van der Waals surface area contributed by atoms with E-state index in [2.05, 4.69) is 5.32 Å². The lowest BCUT2D eigenvalue weighted by Gasteiger charge is -2.37. The second-order valence-electron chi connectivity index (χ2n) is 7.37. The summed E-state index contributed by atoms with van der Waals surface area (Å²) in [6.07, 6.45) is 2.65. The number of hydrogen-bond donors (Lipinski definition) is 2. The number of benzene rings is 1. The van der Waals surface area contributed by atoms with Gasteiger partial charge in [-0.25, -0.2) is 0 Å². The Kier molecular flexibility index (Phi) is 7.47. The average Bonchev–Trinajstić information content (AvgIpc) is 2.65. The third-order valence-corrected chi connectivity index (χ3v) is 5.72. The Bertz CT molecular complexity index is 610. The number of nitrogens with two attached hydrogens (primary N) is 1. The molecular formula is C20H30ClN3O2. The minimum atomic E-state index is -0.518. The summed E-state index contributed by atoms with van der Waals surface area (Å²) in [6.45, 7) is 7.46. The Labute approximate surface area is 161 Å². The maximum absolute atomic E-state index is 13.1. The van der Waals surface area contributed by atoms with Crippen molar-refractivity contribution in [2.24, 2.45) is 17.6 Å². The lowest BCUT2D eigenvalue weighted by molar-refractivity contribution is -0.136. The van der Waals surface area contributed by atoms with Crippen LogP contribution in [0, 0.1) is 11.8 Å². The summed E-state index contributed by atoms with van der Waals surface area (Å²) in [7, 11) is 0. The van der Waals surface area contributed by atoms with Gasteiger partial charge in [-0.1, -0.05) is 31.9 Å². The zero-order valence-electron chi connectivity index (χ0n) is 15.9. The predicted molar refractivity (Wildman–Crippen MR) is 105 cm³/mol. The fourth-order valence-electron chi connectivity index (χ4n) is 3.35. The normalized spacial score (nSPS) is 18.9. The Morgan fingerprint density at radius 2 is 1.81 bits per heavy atom. The molecule has 1 aromatic carbocycles. The molecule has 144 valence electrons. The van der Waals surface area contributed by atoms with Crippen molar-refractivity contribution >= 4 is 23.4 Å². The van der Waals surface area contributed by atoms with Crippen molar-refractivity contribution < 1.29 is 9.59 Å². The van der Waals surface area contributed by atoms with Crippen LogP contribution in [0.4, 0.5) is 0 Å². The fourth-order valence-corrected chi connectivity index (χ4v) is 3.48. The maximum Gasteiger partial charge on any atom is 0.251 e. The van der Waals surface area contributed by atoms with Gasteiger partial charge in [0.1, 0.15) is 6.04 Å².